The SMILES string of the molecule is COC(CNC(=O)C1CCCC1O)C(C)(C)C. The van der Waals surface area contributed by atoms with Crippen LogP contribution in [0.25, 0.3) is 0 Å². The van der Waals surface area contributed by atoms with Crippen molar-refractivity contribution in [2.24, 2.45) is 11.3 Å². The molecule has 0 aromatic carbocycles. The summed E-state index contributed by atoms with van der Waals surface area (Å²) in [5.74, 6) is -0.270. The molecule has 17 heavy (non-hydrogen) atoms. The van der Waals surface area contributed by atoms with Crippen LogP contribution in [-0.4, -0.2) is 36.9 Å². The highest BCUT2D eigenvalue weighted by molar-refractivity contribution is 5.79. The van der Waals surface area contributed by atoms with Crippen molar-refractivity contribution in [3.8, 4) is 0 Å². The van der Waals surface area contributed by atoms with Gasteiger partial charge in [0, 0.05) is 13.7 Å². The molecular weight excluding hydrogens is 218 g/mol. The van der Waals surface area contributed by atoms with Gasteiger partial charge in [-0.1, -0.05) is 20.8 Å². The fourth-order valence-corrected chi connectivity index (χ4v) is 2.31. The predicted octanol–water partition coefficient (Wildman–Crippen LogP) is 1.32. The smallest absolute Gasteiger partial charge is 0.225 e. The van der Waals surface area contributed by atoms with Crippen molar-refractivity contribution >= 4 is 5.91 Å². The van der Waals surface area contributed by atoms with Crippen molar-refractivity contribution in [3.05, 3.63) is 0 Å². The van der Waals surface area contributed by atoms with Crippen LogP contribution in [0, 0.1) is 11.3 Å². The molecule has 3 atom stereocenters. The lowest BCUT2D eigenvalue weighted by Gasteiger charge is -2.30. The van der Waals surface area contributed by atoms with Crippen LogP contribution in [0.2, 0.25) is 0 Å². The standard InChI is InChI=1S/C13H25NO3/c1-13(2,3)11(17-4)8-14-12(16)9-6-5-7-10(9)15/h9-11,15H,5-8H2,1-4H3,(H,14,16). The van der Waals surface area contributed by atoms with Crippen molar-refractivity contribution in [1.29, 1.82) is 0 Å². The molecule has 0 aliphatic heterocycles. The molecule has 0 radical (unpaired) electrons. The summed E-state index contributed by atoms with van der Waals surface area (Å²) in [5, 5.41) is 12.5. The molecule has 4 heteroatoms. The molecular formula is C13H25NO3. The third kappa shape index (κ3) is 3.96. The van der Waals surface area contributed by atoms with Gasteiger partial charge in [-0.3, -0.25) is 4.79 Å². The summed E-state index contributed by atoms with van der Waals surface area (Å²) in [6.07, 6.45) is 1.99. The molecule has 0 spiro atoms. The number of aliphatic hydroxyl groups excluding tert-OH is 1. The van der Waals surface area contributed by atoms with Gasteiger partial charge in [0.15, 0.2) is 0 Å². The van der Waals surface area contributed by atoms with Crippen LogP contribution in [0.15, 0.2) is 0 Å². The third-order valence-electron chi connectivity index (χ3n) is 3.53. The molecule has 100 valence electrons. The Labute approximate surface area is 104 Å². The summed E-state index contributed by atoms with van der Waals surface area (Å²) in [5.41, 5.74) is -0.00365. The molecule has 0 heterocycles. The maximum Gasteiger partial charge on any atom is 0.225 e. The summed E-state index contributed by atoms with van der Waals surface area (Å²) in [4.78, 5) is 11.9. The zero-order chi connectivity index (χ0) is 13.1. The molecule has 0 aromatic rings. The number of rotatable bonds is 4. The van der Waals surface area contributed by atoms with Gasteiger partial charge in [0.05, 0.1) is 18.1 Å². The number of ether oxygens (including phenoxy) is 1. The Hall–Kier alpha value is -0.610. The summed E-state index contributed by atoms with van der Waals surface area (Å²) >= 11 is 0. The fourth-order valence-electron chi connectivity index (χ4n) is 2.31. The second-order valence-corrected chi connectivity index (χ2v) is 5.94. The highest BCUT2D eigenvalue weighted by Gasteiger charge is 2.32. The van der Waals surface area contributed by atoms with Crippen LogP contribution in [0.4, 0.5) is 0 Å². The Morgan fingerprint density at radius 3 is 2.53 bits per heavy atom. The van der Waals surface area contributed by atoms with Gasteiger partial charge in [-0.05, 0) is 24.7 Å². The summed E-state index contributed by atoms with van der Waals surface area (Å²) in [7, 11) is 1.66. The molecule has 1 aliphatic rings. The van der Waals surface area contributed by atoms with Crippen LogP contribution in [-0.2, 0) is 9.53 Å². The first-order valence-corrected chi connectivity index (χ1v) is 6.35. The molecule has 1 fully saturated rings. The highest BCUT2D eigenvalue weighted by atomic mass is 16.5. The van der Waals surface area contributed by atoms with Gasteiger partial charge in [-0.25, -0.2) is 0 Å². The molecule has 1 aliphatic carbocycles. The maximum atomic E-state index is 11.9. The summed E-state index contributed by atoms with van der Waals surface area (Å²) < 4.78 is 5.38. The van der Waals surface area contributed by atoms with Crippen molar-refractivity contribution in [1.82, 2.24) is 5.32 Å². The molecule has 1 saturated carbocycles. The number of nitrogens with one attached hydrogen (secondary N) is 1. The van der Waals surface area contributed by atoms with E-state index in [0.29, 0.717) is 6.54 Å². The Morgan fingerprint density at radius 1 is 1.47 bits per heavy atom. The van der Waals surface area contributed by atoms with Crippen LogP contribution >= 0.6 is 0 Å². The van der Waals surface area contributed by atoms with Gasteiger partial charge in [0.25, 0.3) is 0 Å². The van der Waals surface area contributed by atoms with Crippen LogP contribution in [0.5, 0.6) is 0 Å². The van der Waals surface area contributed by atoms with E-state index < -0.39 is 6.10 Å². The van der Waals surface area contributed by atoms with Gasteiger partial charge in [0.1, 0.15) is 0 Å². The second-order valence-electron chi connectivity index (χ2n) is 5.94. The van der Waals surface area contributed by atoms with Crippen molar-refractivity contribution in [2.45, 2.75) is 52.2 Å². The minimum absolute atomic E-state index is 0.00365. The first-order valence-electron chi connectivity index (χ1n) is 6.35. The van der Waals surface area contributed by atoms with E-state index in [0.717, 1.165) is 19.3 Å². The van der Waals surface area contributed by atoms with Gasteiger partial charge < -0.3 is 15.2 Å². The number of aliphatic hydroxyl groups is 1. The summed E-state index contributed by atoms with van der Waals surface area (Å²) in [6, 6.07) is 0. The highest BCUT2D eigenvalue weighted by Crippen LogP contribution is 2.26. The Balaban J connectivity index is 2.41. The monoisotopic (exact) mass is 243 g/mol. The zero-order valence-corrected chi connectivity index (χ0v) is 11.3. The lowest BCUT2D eigenvalue weighted by Crippen LogP contribution is -2.43. The average Bonchev–Trinajstić information content (AvgIpc) is 2.63. The molecule has 1 amide bonds. The summed E-state index contributed by atoms with van der Waals surface area (Å²) in [6.45, 7) is 6.75. The molecule has 0 bridgehead atoms. The molecule has 0 saturated heterocycles. The van der Waals surface area contributed by atoms with E-state index in [1.807, 2.05) is 0 Å². The molecule has 0 aromatic heterocycles. The topological polar surface area (TPSA) is 58.6 Å². The van der Waals surface area contributed by atoms with Gasteiger partial charge in [0.2, 0.25) is 5.91 Å². The minimum atomic E-state index is -0.467. The van der Waals surface area contributed by atoms with Crippen LogP contribution < -0.4 is 5.32 Å². The Kier molecular flexibility index (Phi) is 4.95. The largest absolute Gasteiger partial charge is 0.392 e. The Bertz CT molecular complexity index is 260. The number of carbonyl (C=O) groups excluding carboxylic acids is 1. The molecule has 3 unspecified atom stereocenters. The lowest BCUT2D eigenvalue weighted by molar-refractivity contribution is -0.128. The van der Waals surface area contributed by atoms with E-state index in [2.05, 4.69) is 26.1 Å². The zero-order valence-electron chi connectivity index (χ0n) is 11.3. The lowest BCUT2D eigenvalue weighted by atomic mass is 9.89. The van der Waals surface area contributed by atoms with E-state index in [1.54, 1.807) is 7.11 Å². The van der Waals surface area contributed by atoms with E-state index in [9.17, 15) is 9.90 Å². The van der Waals surface area contributed by atoms with Gasteiger partial charge in [-0.15, -0.1) is 0 Å². The van der Waals surface area contributed by atoms with E-state index in [-0.39, 0.29) is 23.3 Å². The van der Waals surface area contributed by atoms with Crippen LogP contribution in [0.1, 0.15) is 40.0 Å². The quantitative estimate of drug-likeness (QED) is 0.783. The second kappa shape index (κ2) is 5.83. The molecule has 2 N–H and O–H groups in total. The minimum Gasteiger partial charge on any atom is -0.392 e. The number of hydrogen-bond donors (Lipinski definition) is 2. The molecule has 4 nitrogen and oxygen atoms in total. The van der Waals surface area contributed by atoms with E-state index in [4.69, 9.17) is 4.74 Å². The van der Waals surface area contributed by atoms with Gasteiger partial charge in [-0.2, -0.15) is 0 Å². The number of carbonyl (C=O) groups is 1. The van der Waals surface area contributed by atoms with Crippen molar-refractivity contribution < 1.29 is 14.6 Å². The van der Waals surface area contributed by atoms with Crippen LogP contribution in [0.3, 0.4) is 0 Å². The fraction of sp³-hybridized carbons (Fsp3) is 0.923. The normalized spacial score (nSPS) is 26.9. The van der Waals surface area contributed by atoms with Gasteiger partial charge >= 0.3 is 0 Å². The van der Waals surface area contributed by atoms with E-state index in [1.165, 1.54) is 0 Å². The average molecular weight is 243 g/mol. The number of hydrogen-bond acceptors (Lipinski definition) is 3. The van der Waals surface area contributed by atoms with E-state index >= 15 is 0 Å². The Morgan fingerprint density at radius 2 is 2.12 bits per heavy atom. The number of amides is 1. The first kappa shape index (κ1) is 14.5. The maximum absolute atomic E-state index is 11.9. The van der Waals surface area contributed by atoms with Crippen molar-refractivity contribution in [3.63, 3.8) is 0 Å². The molecule has 1 rings (SSSR count). The van der Waals surface area contributed by atoms with Crippen molar-refractivity contribution in [2.75, 3.05) is 13.7 Å². The first-order chi connectivity index (χ1) is 7.86. The number of methoxy groups -OCH3 is 1. The predicted molar refractivity (Wildman–Crippen MR) is 66.6 cm³/mol. The third-order valence-corrected chi connectivity index (χ3v) is 3.53.